The summed E-state index contributed by atoms with van der Waals surface area (Å²) in [5, 5.41) is 15.3. The van der Waals surface area contributed by atoms with E-state index in [0.717, 1.165) is 23.8 Å². The van der Waals surface area contributed by atoms with E-state index in [2.05, 4.69) is 10.3 Å². The van der Waals surface area contributed by atoms with Gasteiger partial charge >= 0.3 is 0 Å². The van der Waals surface area contributed by atoms with Gasteiger partial charge in [-0.1, -0.05) is 29.8 Å². The molecular formula is C35H32ClN5O5. The summed E-state index contributed by atoms with van der Waals surface area (Å²) in [5.41, 5.74) is 3.63. The number of carbonyl (C=O) groups excluding carboxylic acids is 1. The molecule has 46 heavy (non-hydrogen) atoms. The average molecular weight is 638 g/mol. The van der Waals surface area contributed by atoms with Crippen LogP contribution in [-0.4, -0.2) is 56.3 Å². The number of nitrogens with zero attached hydrogens (tertiary/aromatic N) is 4. The first-order valence-corrected chi connectivity index (χ1v) is 15.6. The van der Waals surface area contributed by atoms with E-state index >= 15 is 0 Å². The number of aliphatic hydroxyl groups excluding tert-OH is 1. The molecule has 1 saturated carbocycles. The van der Waals surface area contributed by atoms with Crippen LogP contribution < -0.4 is 16.4 Å². The predicted molar refractivity (Wildman–Crippen MR) is 177 cm³/mol. The van der Waals surface area contributed by atoms with Gasteiger partial charge in [-0.3, -0.25) is 19.0 Å². The van der Waals surface area contributed by atoms with Crippen LogP contribution >= 0.6 is 11.6 Å². The third-order valence-corrected chi connectivity index (χ3v) is 8.96. The number of ether oxygens (including phenoxy) is 1. The van der Waals surface area contributed by atoms with Crippen molar-refractivity contribution in [2.45, 2.75) is 25.4 Å². The van der Waals surface area contributed by atoms with Crippen molar-refractivity contribution in [2.24, 2.45) is 7.05 Å². The lowest BCUT2D eigenvalue weighted by Crippen LogP contribution is -2.40. The van der Waals surface area contributed by atoms with Crippen LogP contribution in [0, 0.1) is 0 Å². The Balaban J connectivity index is 1.22. The van der Waals surface area contributed by atoms with Gasteiger partial charge in [-0.15, -0.1) is 0 Å². The summed E-state index contributed by atoms with van der Waals surface area (Å²) in [4.78, 5) is 45.8. The van der Waals surface area contributed by atoms with Gasteiger partial charge in [-0.25, -0.2) is 4.98 Å². The summed E-state index contributed by atoms with van der Waals surface area (Å²) in [6.45, 7) is 1.73. The molecule has 11 heteroatoms. The van der Waals surface area contributed by atoms with Crippen molar-refractivity contribution in [3.63, 3.8) is 0 Å². The van der Waals surface area contributed by atoms with Gasteiger partial charge in [0, 0.05) is 49.9 Å². The zero-order valence-electron chi connectivity index (χ0n) is 25.2. The summed E-state index contributed by atoms with van der Waals surface area (Å²) >= 11 is 6.64. The first kappa shape index (κ1) is 29.9. The minimum atomic E-state index is -0.351. The molecule has 1 aliphatic heterocycles. The molecule has 0 unspecified atom stereocenters. The molecule has 0 atom stereocenters. The molecule has 0 bridgehead atoms. The minimum Gasteiger partial charge on any atom is -0.392 e. The fraction of sp³-hybridized carbons (Fsp3) is 0.257. The van der Waals surface area contributed by atoms with E-state index in [9.17, 15) is 19.5 Å². The van der Waals surface area contributed by atoms with Crippen LogP contribution in [0.5, 0.6) is 0 Å². The molecule has 4 heterocycles. The molecule has 10 nitrogen and oxygen atoms in total. The molecule has 2 N–H and O–H groups in total. The van der Waals surface area contributed by atoms with Crippen molar-refractivity contribution in [3.05, 3.63) is 116 Å². The second-order valence-corrected chi connectivity index (χ2v) is 12.1. The molecule has 2 aliphatic rings. The molecule has 1 amide bonds. The number of anilines is 2. The Morgan fingerprint density at radius 1 is 1.07 bits per heavy atom. The predicted octanol–water partition coefficient (Wildman–Crippen LogP) is 4.99. The lowest BCUT2D eigenvalue weighted by atomic mass is 9.98. The van der Waals surface area contributed by atoms with Crippen molar-refractivity contribution in [1.29, 1.82) is 0 Å². The maximum absolute atomic E-state index is 13.8. The summed E-state index contributed by atoms with van der Waals surface area (Å²) in [6, 6.07) is 16.3. The lowest BCUT2D eigenvalue weighted by molar-refractivity contribution is 0.0302. The summed E-state index contributed by atoms with van der Waals surface area (Å²) in [5.74, 6) is 0.781. The number of amides is 1. The highest BCUT2D eigenvalue weighted by molar-refractivity contribution is 6.35. The second-order valence-electron chi connectivity index (χ2n) is 11.7. The van der Waals surface area contributed by atoms with Gasteiger partial charge < -0.3 is 24.6 Å². The zero-order valence-corrected chi connectivity index (χ0v) is 26.0. The number of carbonyl (C=O) groups is 1. The average Bonchev–Trinajstić information content (AvgIpc) is 3.93. The fourth-order valence-electron chi connectivity index (χ4n) is 6.06. The van der Waals surface area contributed by atoms with Crippen molar-refractivity contribution >= 4 is 39.8 Å². The number of nitrogens with one attached hydrogen (secondary N) is 1. The van der Waals surface area contributed by atoms with Crippen LogP contribution in [-0.2, 0) is 18.4 Å². The molecular weight excluding hydrogens is 606 g/mol. The van der Waals surface area contributed by atoms with Gasteiger partial charge in [0.2, 0.25) is 0 Å². The fourth-order valence-corrected chi connectivity index (χ4v) is 6.37. The third kappa shape index (κ3) is 5.60. The van der Waals surface area contributed by atoms with Crippen molar-refractivity contribution in [2.75, 3.05) is 31.6 Å². The van der Waals surface area contributed by atoms with Gasteiger partial charge in [0.25, 0.3) is 17.0 Å². The van der Waals surface area contributed by atoms with Crippen molar-refractivity contribution < 1.29 is 14.6 Å². The topological polar surface area (TPSA) is 119 Å². The molecule has 2 fully saturated rings. The number of morpholine rings is 1. The zero-order chi connectivity index (χ0) is 31.9. The quantitative estimate of drug-likeness (QED) is 0.258. The minimum absolute atomic E-state index is 0.118. The number of aryl methyl sites for hydroxylation is 1. The monoisotopic (exact) mass is 637 g/mol. The summed E-state index contributed by atoms with van der Waals surface area (Å²) in [6.07, 6.45) is 7.15. The number of pyridine rings is 3. The Kier molecular flexibility index (Phi) is 7.94. The van der Waals surface area contributed by atoms with E-state index in [1.807, 2.05) is 30.3 Å². The van der Waals surface area contributed by atoms with Crippen LogP contribution in [0.2, 0.25) is 5.02 Å². The van der Waals surface area contributed by atoms with Gasteiger partial charge in [-0.05, 0) is 71.7 Å². The molecule has 3 aromatic heterocycles. The van der Waals surface area contributed by atoms with Crippen LogP contribution in [0.3, 0.4) is 0 Å². The lowest BCUT2D eigenvalue weighted by Gasteiger charge is -2.26. The maximum Gasteiger partial charge on any atom is 0.274 e. The molecule has 5 aromatic rings. The highest BCUT2D eigenvalue weighted by Gasteiger charge is 2.25. The van der Waals surface area contributed by atoms with Crippen molar-refractivity contribution in [3.8, 4) is 16.8 Å². The molecule has 1 saturated heterocycles. The largest absolute Gasteiger partial charge is 0.392 e. The number of aromatic nitrogens is 3. The summed E-state index contributed by atoms with van der Waals surface area (Å²) in [7, 11) is 1.64. The van der Waals surface area contributed by atoms with E-state index in [1.54, 1.807) is 48.6 Å². The van der Waals surface area contributed by atoms with E-state index in [4.69, 9.17) is 16.3 Å². The van der Waals surface area contributed by atoms with E-state index in [1.165, 1.54) is 15.3 Å². The standard InChI is InChI=1S/C35H32ClN5O5/c1-39-19-25(17-29(34(39)44)38-31-8-7-23(18-37-31)33(43)40-11-13-46-14-12-40)26-3-2-4-30(27(26)20-42)41-10-9-22-15-24(21-5-6-21)16-28(36)32(22)35(41)45/h2-4,7-10,15-19,21,42H,5-6,11-14,20H2,1H3,(H,37,38). The molecule has 1 aliphatic carbocycles. The number of benzene rings is 2. The number of hydrogen-bond donors (Lipinski definition) is 2. The smallest absolute Gasteiger partial charge is 0.274 e. The van der Waals surface area contributed by atoms with Crippen LogP contribution in [0.1, 0.15) is 40.2 Å². The molecule has 7 rings (SSSR count). The van der Waals surface area contributed by atoms with Crippen LogP contribution in [0.4, 0.5) is 11.5 Å². The Hall–Kier alpha value is -4.77. The number of hydrogen-bond acceptors (Lipinski definition) is 7. The highest BCUT2D eigenvalue weighted by Crippen LogP contribution is 2.42. The molecule has 234 valence electrons. The van der Waals surface area contributed by atoms with Crippen LogP contribution in [0.25, 0.3) is 27.6 Å². The van der Waals surface area contributed by atoms with Gasteiger partial charge in [0.15, 0.2) is 0 Å². The Morgan fingerprint density at radius 2 is 1.87 bits per heavy atom. The Morgan fingerprint density at radius 3 is 2.59 bits per heavy atom. The SMILES string of the molecule is Cn1cc(-c2cccc(-n3ccc4cc(C5CC5)cc(Cl)c4c3=O)c2CO)cc(Nc2ccc(C(=O)N3CCOCC3)cn2)c1=O. The molecule has 0 radical (unpaired) electrons. The van der Waals surface area contributed by atoms with Crippen LogP contribution in [0.15, 0.2) is 82.8 Å². The van der Waals surface area contributed by atoms with Gasteiger partial charge in [0.05, 0.1) is 41.5 Å². The van der Waals surface area contributed by atoms with Gasteiger partial charge in [0.1, 0.15) is 11.5 Å². The second kappa shape index (κ2) is 12.2. The van der Waals surface area contributed by atoms with Gasteiger partial charge in [-0.2, -0.15) is 0 Å². The number of fused-ring (bicyclic) bond motifs is 1. The number of rotatable bonds is 7. The van der Waals surface area contributed by atoms with E-state index < -0.39 is 0 Å². The van der Waals surface area contributed by atoms with Crippen molar-refractivity contribution in [1.82, 2.24) is 19.0 Å². The molecule has 2 aromatic carbocycles. The normalized spacial score (nSPS) is 14.9. The Labute approximate surface area is 269 Å². The summed E-state index contributed by atoms with van der Waals surface area (Å²) < 4.78 is 8.28. The first-order chi connectivity index (χ1) is 22.3. The van der Waals surface area contributed by atoms with E-state index in [0.29, 0.717) is 76.4 Å². The van der Waals surface area contributed by atoms with E-state index in [-0.39, 0.29) is 29.3 Å². The highest BCUT2D eigenvalue weighted by atomic mass is 35.5. The third-order valence-electron chi connectivity index (χ3n) is 8.66. The number of aliphatic hydroxyl groups is 1. The Bertz CT molecular complexity index is 2100. The molecule has 0 spiro atoms. The maximum atomic E-state index is 13.8. The number of halogens is 1. The first-order valence-electron chi connectivity index (χ1n) is 15.2.